The highest BCUT2D eigenvalue weighted by Crippen LogP contribution is 2.21. The molecule has 0 aliphatic heterocycles. The van der Waals surface area contributed by atoms with Crippen molar-refractivity contribution in [2.75, 3.05) is 11.9 Å². The quantitative estimate of drug-likeness (QED) is 0.472. The molecule has 76 valence electrons. The molecule has 0 amide bonds. The van der Waals surface area contributed by atoms with Crippen molar-refractivity contribution >= 4 is 23.1 Å². The van der Waals surface area contributed by atoms with Gasteiger partial charge in [-0.2, -0.15) is 4.98 Å². The third-order valence-electron chi connectivity index (χ3n) is 1.48. The van der Waals surface area contributed by atoms with E-state index in [0.717, 1.165) is 12.6 Å². The van der Waals surface area contributed by atoms with Crippen molar-refractivity contribution in [1.82, 2.24) is 9.97 Å². The number of aromatic nitrogens is 2. The zero-order chi connectivity index (χ0) is 10.6. The molecule has 0 bridgehead atoms. The highest BCUT2D eigenvalue weighted by atomic mass is 35.5. The predicted octanol–water partition coefficient (Wildman–Crippen LogP) is 1.86. The largest absolute Gasteiger partial charge is 0.364 e. The minimum atomic E-state index is -0.547. The lowest BCUT2D eigenvalue weighted by Gasteiger charge is -2.03. The molecule has 0 atom stereocenters. The summed E-state index contributed by atoms with van der Waals surface area (Å²) in [6.45, 7) is 2.55. The molecule has 0 spiro atoms. The van der Waals surface area contributed by atoms with Gasteiger partial charge in [0, 0.05) is 6.54 Å². The van der Waals surface area contributed by atoms with Gasteiger partial charge in [-0.15, -0.1) is 0 Å². The van der Waals surface area contributed by atoms with Gasteiger partial charge in [-0.05, 0) is 18.0 Å². The van der Waals surface area contributed by atoms with Crippen LogP contribution in [0.3, 0.4) is 0 Å². The summed E-state index contributed by atoms with van der Waals surface area (Å²) in [6.07, 6.45) is 1.94. The molecular formula is C7H9ClN4O2. The number of nitro groups is 1. The van der Waals surface area contributed by atoms with Crippen LogP contribution in [0.4, 0.5) is 11.5 Å². The molecule has 0 aromatic carbocycles. The van der Waals surface area contributed by atoms with E-state index in [1.807, 2.05) is 6.92 Å². The lowest BCUT2D eigenvalue weighted by molar-refractivity contribution is -0.384. The Balaban J connectivity index is 2.97. The van der Waals surface area contributed by atoms with Gasteiger partial charge in [-0.1, -0.05) is 6.92 Å². The molecule has 0 saturated carbocycles. The van der Waals surface area contributed by atoms with Crippen LogP contribution < -0.4 is 5.32 Å². The van der Waals surface area contributed by atoms with Gasteiger partial charge in [0.1, 0.15) is 6.20 Å². The van der Waals surface area contributed by atoms with Crippen molar-refractivity contribution in [2.45, 2.75) is 13.3 Å². The van der Waals surface area contributed by atoms with Gasteiger partial charge in [-0.25, -0.2) is 4.98 Å². The molecule has 14 heavy (non-hydrogen) atoms. The Hall–Kier alpha value is -1.43. The summed E-state index contributed by atoms with van der Waals surface area (Å²) in [5.74, 6) is 0.164. The van der Waals surface area contributed by atoms with Crippen LogP contribution in [0, 0.1) is 10.1 Å². The molecule has 7 heteroatoms. The Kier molecular flexibility index (Phi) is 3.58. The molecule has 0 unspecified atom stereocenters. The van der Waals surface area contributed by atoms with Crippen LogP contribution in [0.25, 0.3) is 0 Å². The van der Waals surface area contributed by atoms with Crippen molar-refractivity contribution in [3.8, 4) is 0 Å². The topological polar surface area (TPSA) is 81.0 Å². The fourth-order valence-corrected chi connectivity index (χ4v) is 0.994. The first-order valence-electron chi connectivity index (χ1n) is 4.06. The second-order valence-electron chi connectivity index (χ2n) is 2.56. The first-order chi connectivity index (χ1) is 6.65. The zero-order valence-electron chi connectivity index (χ0n) is 7.53. The van der Waals surface area contributed by atoms with E-state index >= 15 is 0 Å². The smallest absolute Gasteiger partial charge is 0.329 e. The van der Waals surface area contributed by atoms with Crippen molar-refractivity contribution in [1.29, 1.82) is 0 Å². The normalized spacial score (nSPS) is 9.86. The van der Waals surface area contributed by atoms with E-state index in [0.29, 0.717) is 6.54 Å². The summed E-state index contributed by atoms with van der Waals surface area (Å²) in [5.41, 5.74) is -0.164. The Morgan fingerprint density at radius 2 is 2.43 bits per heavy atom. The van der Waals surface area contributed by atoms with Gasteiger partial charge in [0.2, 0.25) is 11.1 Å². The molecular weight excluding hydrogens is 208 g/mol. The van der Waals surface area contributed by atoms with Gasteiger partial charge >= 0.3 is 5.69 Å². The minimum absolute atomic E-state index is 0.00537. The predicted molar refractivity (Wildman–Crippen MR) is 52.5 cm³/mol. The van der Waals surface area contributed by atoms with Crippen LogP contribution in [-0.4, -0.2) is 21.4 Å². The third-order valence-corrected chi connectivity index (χ3v) is 1.66. The summed E-state index contributed by atoms with van der Waals surface area (Å²) in [6, 6.07) is 0. The number of hydrogen-bond acceptors (Lipinski definition) is 5. The Labute approximate surface area is 85.5 Å². The Morgan fingerprint density at radius 1 is 1.71 bits per heavy atom. The maximum Gasteiger partial charge on any atom is 0.329 e. The number of hydrogen-bond donors (Lipinski definition) is 1. The average molecular weight is 217 g/mol. The number of nitrogens with one attached hydrogen (secondary N) is 1. The SMILES string of the molecule is CCCNc1nc(Cl)ncc1[N+](=O)[O-]. The zero-order valence-corrected chi connectivity index (χ0v) is 8.28. The fraction of sp³-hybridized carbons (Fsp3) is 0.429. The van der Waals surface area contributed by atoms with Gasteiger partial charge < -0.3 is 5.32 Å². The molecule has 1 aromatic rings. The molecule has 0 aliphatic rings. The second-order valence-corrected chi connectivity index (χ2v) is 2.89. The average Bonchev–Trinajstić information content (AvgIpc) is 2.14. The van der Waals surface area contributed by atoms with E-state index < -0.39 is 4.92 Å². The molecule has 0 saturated heterocycles. The minimum Gasteiger partial charge on any atom is -0.364 e. The number of anilines is 1. The lowest BCUT2D eigenvalue weighted by atomic mass is 10.4. The molecule has 1 N–H and O–H groups in total. The highest BCUT2D eigenvalue weighted by molar-refractivity contribution is 6.28. The van der Waals surface area contributed by atoms with Crippen molar-refractivity contribution < 1.29 is 4.92 Å². The Morgan fingerprint density at radius 3 is 3.00 bits per heavy atom. The van der Waals surface area contributed by atoms with Crippen molar-refractivity contribution in [3.05, 3.63) is 21.6 Å². The van der Waals surface area contributed by atoms with Gasteiger partial charge in [-0.3, -0.25) is 10.1 Å². The molecule has 1 rings (SSSR count). The summed E-state index contributed by atoms with van der Waals surface area (Å²) in [5, 5.41) is 13.3. The van der Waals surface area contributed by atoms with Crippen molar-refractivity contribution in [2.24, 2.45) is 0 Å². The van der Waals surface area contributed by atoms with Gasteiger partial charge in [0.25, 0.3) is 0 Å². The highest BCUT2D eigenvalue weighted by Gasteiger charge is 2.15. The van der Waals surface area contributed by atoms with E-state index in [1.165, 1.54) is 0 Å². The summed E-state index contributed by atoms with van der Waals surface area (Å²) in [7, 11) is 0. The molecule has 0 aliphatic carbocycles. The summed E-state index contributed by atoms with van der Waals surface area (Å²) in [4.78, 5) is 17.3. The fourth-order valence-electron chi connectivity index (χ4n) is 0.861. The molecule has 1 aromatic heterocycles. The number of rotatable bonds is 4. The van der Waals surface area contributed by atoms with Gasteiger partial charge in [0.15, 0.2) is 0 Å². The maximum atomic E-state index is 10.5. The lowest BCUT2D eigenvalue weighted by Crippen LogP contribution is -2.06. The van der Waals surface area contributed by atoms with E-state index in [-0.39, 0.29) is 16.8 Å². The first-order valence-corrected chi connectivity index (χ1v) is 4.43. The molecule has 1 heterocycles. The van der Waals surface area contributed by atoms with Crippen LogP contribution in [0.2, 0.25) is 5.28 Å². The second kappa shape index (κ2) is 4.71. The van der Waals surface area contributed by atoms with E-state index in [4.69, 9.17) is 11.6 Å². The standard InChI is InChI=1S/C7H9ClN4O2/c1-2-3-9-6-5(12(13)14)4-10-7(8)11-6/h4H,2-3H2,1H3,(H,9,10,11). The van der Waals surface area contributed by atoms with E-state index in [9.17, 15) is 10.1 Å². The maximum absolute atomic E-state index is 10.5. The monoisotopic (exact) mass is 216 g/mol. The summed E-state index contributed by atoms with van der Waals surface area (Å²) >= 11 is 5.52. The van der Waals surface area contributed by atoms with Gasteiger partial charge in [0.05, 0.1) is 4.92 Å². The first kappa shape index (κ1) is 10.6. The molecule has 0 radical (unpaired) electrons. The number of nitrogens with zero attached hydrogens (tertiary/aromatic N) is 3. The Bertz CT molecular complexity index is 344. The van der Waals surface area contributed by atoms with Crippen LogP contribution in [-0.2, 0) is 0 Å². The molecule has 0 fully saturated rings. The van der Waals surface area contributed by atoms with Crippen LogP contribution >= 0.6 is 11.6 Å². The third kappa shape index (κ3) is 2.53. The number of halogens is 1. The van der Waals surface area contributed by atoms with Crippen LogP contribution in [0.5, 0.6) is 0 Å². The molecule has 6 nitrogen and oxygen atoms in total. The van der Waals surface area contributed by atoms with Crippen LogP contribution in [0.15, 0.2) is 6.20 Å². The summed E-state index contributed by atoms with van der Waals surface area (Å²) < 4.78 is 0. The van der Waals surface area contributed by atoms with Crippen molar-refractivity contribution in [3.63, 3.8) is 0 Å². The van der Waals surface area contributed by atoms with Crippen LogP contribution in [0.1, 0.15) is 13.3 Å². The van der Waals surface area contributed by atoms with E-state index in [1.54, 1.807) is 0 Å². The van der Waals surface area contributed by atoms with E-state index in [2.05, 4.69) is 15.3 Å².